The van der Waals surface area contributed by atoms with E-state index in [4.69, 9.17) is 0 Å². The highest BCUT2D eigenvalue weighted by atomic mass is 19.2. The van der Waals surface area contributed by atoms with Gasteiger partial charge in [0.25, 0.3) is 5.91 Å². The van der Waals surface area contributed by atoms with Crippen LogP contribution in [0.25, 0.3) is 11.0 Å². The average molecular weight is 317 g/mol. The Morgan fingerprint density at radius 1 is 1.00 bits per heavy atom. The van der Waals surface area contributed by atoms with Gasteiger partial charge in [-0.3, -0.25) is 4.79 Å². The van der Waals surface area contributed by atoms with Gasteiger partial charge in [-0.15, -0.1) is 0 Å². The summed E-state index contributed by atoms with van der Waals surface area (Å²) in [4.78, 5) is 28.4. The van der Waals surface area contributed by atoms with Gasteiger partial charge >= 0.3 is 5.69 Å². The van der Waals surface area contributed by atoms with Crippen LogP contribution >= 0.6 is 0 Å². The van der Waals surface area contributed by atoms with Crippen LogP contribution in [-0.4, -0.2) is 22.4 Å². The lowest BCUT2D eigenvalue weighted by Crippen LogP contribution is -2.25. The van der Waals surface area contributed by atoms with Gasteiger partial charge in [-0.2, -0.15) is 0 Å². The van der Waals surface area contributed by atoms with Crippen LogP contribution in [0, 0.1) is 11.6 Å². The smallest absolute Gasteiger partial charge is 0.323 e. The molecule has 1 aromatic heterocycles. The highest BCUT2D eigenvalue weighted by Crippen LogP contribution is 2.11. The van der Waals surface area contributed by atoms with E-state index in [1.165, 1.54) is 6.07 Å². The van der Waals surface area contributed by atoms with Crippen molar-refractivity contribution in [3.63, 3.8) is 0 Å². The number of nitrogens with one attached hydrogen (secondary N) is 3. The minimum atomic E-state index is -1.06. The van der Waals surface area contributed by atoms with E-state index >= 15 is 0 Å². The Morgan fingerprint density at radius 2 is 1.78 bits per heavy atom. The zero-order chi connectivity index (χ0) is 16.4. The summed E-state index contributed by atoms with van der Waals surface area (Å²) >= 11 is 0. The third-order valence-electron chi connectivity index (χ3n) is 3.46. The van der Waals surface area contributed by atoms with Crippen molar-refractivity contribution in [1.82, 2.24) is 15.3 Å². The number of rotatable bonds is 4. The van der Waals surface area contributed by atoms with Gasteiger partial charge < -0.3 is 15.3 Å². The zero-order valence-corrected chi connectivity index (χ0v) is 12.0. The number of halogens is 2. The minimum Gasteiger partial charge on any atom is -0.352 e. The van der Waals surface area contributed by atoms with Crippen molar-refractivity contribution in [3.05, 3.63) is 69.6 Å². The SMILES string of the molecule is O=C(NCCc1ccc2[nH]c(=O)[nH]c2c1)c1ccc(F)c(F)c1. The zero-order valence-electron chi connectivity index (χ0n) is 12.0. The maximum absolute atomic E-state index is 13.1. The maximum atomic E-state index is 13.1. The fourth-order valence-electron chi connectivity index (χ4n) is 2.30. The van der Waals surface area contributed by atoms with Crippen molar-refractivity contribution in [2.24, 2.45) is 0 Å². The topological polar surface area (TPSA) is 77.8 Å². The molecule has 3 rings (SSSR count). The number of H-pyrrole nitrogens is 2. The summed E-state index contributed by atoms with van der Waals surface area (Å²) in [5.41, 5.74) is 2.13. The van der Waals surface area contributed by atoms with Gasteiger partial charge in [0.05, 0.1) is 11.0 Å². The molecule has 2 aromatic carbocycles. The van der Waals surface area contributed by atoms with Gasteiger partial charge in [-0.05, 0) is 42.3 Å². The monoisotopic (exact) mass is 317 g/mol. The van der Waals surface area contributed by atoms with Crippen LogP contribution in [-0.2, 0) is 6.42 Å². The van der Waals surface area contributed by atoms with E-state index in [0.717, 1.165) is 17.7 Å². The van der Waals surface area contributed by atoms with Crippen LogP contribution in [0.3, 0.4) is 0 Å². The van der Waals surface area contributed by atoms with Gasteiger partial charge in [0.15, 0.2) is 11.6 Å². The predicted octanol–water partition coefficient (Wildman–Crippen LogP) is 2.11. The molecule has 0 aliphatic heterocycles. The van der Waals surface area contributed by atoms with E-state index in [1.54, 1.807) is 6.07 Å². The minimum absolute atomic E-state index is 0.0642. The molecule has 1 heterocycles. The van der Waals surface area contributed by atoms with Crippen LogP contribution in [0.4, 0.5) is 8.78 Å². The molecule has 0 bridgehead atoms. The predicted molar refractivity (Wildman–Crippen MR) is 81.3 cm³/mol. The number of benzene rings is 2. The number of hydrogen-bond donors (Lipinski definition) is 3. The second-order valence-electron chi connectivity index (χ2n) is 5.09. The Kier molecular flexibility index (Phi) is 3.92. The van der Waals surface area contributed by atoms with Gasteiger partial charge in [0.1, 0.15) is 0 Å². The molecule has 1 amide bonds. The Hall–Kier alpha value is -2.96. The number of carbonyl (C=O) groups excluding carboxylic acids is 1. The van der Waals surface area contributed by atoms with Crippen LogP contribution < -0.4 is 11.0 Å². The fraction of sp³-hybridized carbons (Fsp3) is 0.125. The summed E-state index contributed by atoms with van der Waals surface area (Å²) in [7, 11) is 0. The first kappa shape index (κ1) is 15.0. The summed E-state index contributed by atoms with van der Waals surface area (Å²) in [6.07, 6.45) is 0.540. The quantitative estimate of drug-likeness (QED) is 0.689. The fourth-order valence-corrected chi connectivity index (χ4v) is 2.30. The highest BCUT2D eigenvalue weighted by Gasteiger charge is 2.09. The lowest BCUT2D eigenvalue weighted by Gasteiger charge is -2.06. The van der Waals surface area contributed by atoms with Crippen molar-refractivity contribution >= 4 is 16.9 Å². The largest absolute Gasteiger partial charge is 0.352 e. The first-order valence-corrected chi connectivity index (χ1v) is 6.97. The number of aromatic nitrogens is 2. The Bertz CT molecular complexity index is 930. The Morgan fingerprint density at radius 3 is 2.57 bits per heavy atom. The molecule has 3 aromatic rings. The molecule has 0 spiro atoms. The highest BCUT2D eigenvalue weighted by molar-refractivity contribution is 5.94. The lowest BCUT2D eigenvalue weighted by atomic mass is 10.1. The lowest BCUT2D eigenvalue weighted by molar-refractivity contribution is 0.0953. The Balaban J connectivity index is 1.62. The van der Waals surface area contributed by atoms with E-state index < -0.39 is 17.5 Å². The van der Waals surface area contributed by atoms with Gasteiger partial charge in [0, 0.05) is 12.1 Å². The number of fused-ring (bicyclic) bond motifs is 1. The molecule has 0 radical (unpaired) electrons. The molecule has 0 saturated carbocycles. The van der Waals surface area contributed by atoms with Crippen LogP contribution in [0.2, 0.25) is 0 Å². The molecule has 7 heteroatoms. The number of carbonyl (C=O) groups is 1. The first-order chi connectivity index (χ1) is 11.0. The molecular weight excluding hydrogens is 304 g/mol. The third kappa shape index (κ3) is 3.28. The molecule has 3 N–H and O–H groups in total. The molecule has 118 valence electrons. The van der Waals surface area contributed by atoms with Crippen molar-refractivity contribution in [1.29, 1.82) is 0 Å². The van der Waals surface area contributed by atoms with Crippen molar-refractivity contribution in [2.75, 3.05) is 6.54 Å². The molecule has 0 unspecified atom stereocenters. The summed E-state index contributed by atoms with van der Waals surface area (Å²) in [6, 6.07) is 8.44. The third-order valence-corrected chi connectivity index (χ3v) is 3.46. The van der Waals surface area contributed by atoms with Crippen LogP contribution in [0.15, 0.2) is 41.2 Å². The van der Waals surface area contributed by atoms with E-state index in [9.17, 15) is 18.4 Å². The summed E-state index contributed by atoms with van der Waals surface area (Å²) in [5.74, 6) is -2.52. The maximum Gasteiger partial charge on any atom is 0.323 e. The molecule has 0 saturated heterocycles. The molecular formula is C16H13F2N3O2. The van der Waals surface area contributed by atoms with Gasteiger partial charge in [-0.1, -0.05) is 6.07 Å². The van der Waals surface area contributed by atoms with Gasteiger partial charge in [0.2, 0.25) is 0 Å². The normalized spacial score (nSPS) is 10.9. The number of aromatic amines is 2. The van der Waals surface area contributed by atoms with Crippen molar-refractivity contribution < 1.29 is 13.6 Å². The van der Waals surface area contributed by atoms with Crippen molar-refractivity contribution in [3.8, 4) is 0 Å². The van der Waals surface area contributed by atoms with Crippen LogP contribution in [0.5, 0.6) is 0 Å². The first-order valence-electron chi connectivity index (χ1n) is 6.97. The van der Waals surface area contributed by atoms with Crippen LogP contribution in [0.1, 0.15) is 15.9 Å². The van der Waals surface area contributed by atoms with E-state index in [1.807, 2.05) is 12.1 Å². The number of amides is 1. The molecule has 0 aliphatic rings. The number of imidazole rings is 1. The standard InChI is InChI=1S/C16H13F2N3O2/c17-11-3-2-10(8-12(11)18)15(22)19-6-5-9-1-4-13-14(7-9)21-16(23)20-13/h1-4,7-8H,5-6H2,(H,19,22)(H2,20,21,23). The molecule has 0 atom stereocenters. The average Bonchev–Trinajstić information content (AvgIpc) is 2.89. The second kappa shape index (κ2) is 6.04. The summed E-state index contributed by atoms with van der Waals surface area (Å²) in [5, 5.41) is 2.64. The van der Waals surface area contributed by atoms with E-state index in [2.05, 4.69) is 15.3 Å². The second-order valence-corrected chi connectivity index (χ2v) is 5.09. The summed E-state index contributed by atoms with van der Waals surface area (Å²) in [6.45, 7) is 0.331. The number of hydrogen-bond acceptors (Lipinski definition) is 2. The van der Waals surface area contributed by atoms with Gasteiger partial charge in [-0.25, -0.2) is 13.6 Å². The Labute approximate surface area is 129 Å². The molecule has 23 heavy (non-hydrogen) atoms. The molecule has 0 aliphatic carbocycles. The molecule has 5 nitrogen and oxygen atoms in total. The van der Waals surface area contributed by atoms with E-state index in [0.29, 0.717) is 24.0 Å². The van der Waals surface area contributed by atoms with E-state index in [-0.39, 0.29) is 11.3 Å². The van der Waals surface area contributed by atoms with Crippen molar-refractivity contribution in [2.45, 2.75) is 6.42 Å². The molecule has 0 fully saturated rings. The summed E-state index contributed by atoms with van der Waals surface area (Å²) < 4.78 is 25.9.